The predicted octanol–water partition coefficient (Wildman–Crippen LogP) is 2.90. The molecule has 0 atom stereocenters. The van der Waals surface area contributed by atoms with Gasteiger partial charge >= 0.3 is 6.18 Å². The van der Waals surface area contributed by atoms with Gasteiger partial charge in [-0.3, -0.25) is 9.78 Å². The molecule has 1 aromatic carbocycles. The highest BCUT2D eigenvalue weighted by atomic mass is 19.4. The second-order valence-corrected chi connectivity index (χ2v) is 6.24. The lowest BCUT2D eigenvalue weighted by molar-refractivity contribution is -0.137. The van der Waals surface area contributed by atoms with Crippen LogP contribution >= 0.6 is 0 Å². The van der Waals surface area contributed by atoms with Crippen LogP contribution in [0.2, 0.25) is 0 Å². The Morgan fingerprint density at radius 3 is 2.78 bits per heavy atom. The normalized spacial score (nSPS) is 14.3. The lowest BCUT2D eigenvalue weighted by Crippen LogP contribution is -2.38. The molecule has 0 N–H and O–H groups in total. The van der Waals surface area contributed by atoms with Crippen molar-refractivity contribution in [3.05, 3.63) is 59.9 Å². The van der Waals surface area contributed by atoms with E-state index >= 15 is 0 Å². The Labute approximate surface area is 151 Å². The minimum atomic E-state index is -4.47. The van der Waals surface area contributed by atoms with Crippen LogP contribution < -0.4 is 0 Å². The maximum absolute atomic E-state index is 12.9. The van der Waals surface area contributed by atoms with Gasteiger partial charge in [-0.05, 0) is 23.8 Å². The quantitative estimate of drug-likeness (QED) is 0.648. The largest absolute Gasteiger partial charge is 0.417 e. The van der Waals surface area contributed by atoms with Gasteiger partial charge in [0.1, 0.15) is 11.2 Å². The molecule has 6 nitrogen and oxygen atoms in total. The molecule has 3 aromatic rings. The number of nitrogens with zero attached hydrogens (tertiary/aromatic N) is 5. The molecule has 0 saturated carbocycles. The summed E-state index contributed by atoms with van der Waals surface area (Å²) in [5.74, 6) is -0.409. The minimum Gasteiger partial charge on any atom is -0.333 e. The Hall–Kier alpha value is -3.23. The van der Waals surface area contributed by atoms with Gasteiger partial charge in [0, 0.05) is 31.4 Å². The van der Waals surface area contributed by atoms with E-state index in [4.69, 9.17) is 0 Å². The van der Waals surface area contributed by atoms with Gasteiger partial charge in [-0.15, -0.1) is 5.10 Å². The lowest BCUT2D eigenvalue weighted by atomic mass is 10.0. The van der Waals surface area contributed by atoms with Crippen molar-refractivity contribution in [2.45, 2.75) is 19.1 Å². The maximum atomic E-state index is 12.9. The summed E-state index contributed by atoms with van der Waals surface area (Å²) < 4.78 is 40.1. The number of alkyl halides is 3. The molecule has 0 spiro atoms. The molecule has 0 radical (unpaired) electrons. The van der Waals surface area contributed by atoms with Crippen LogP contribution in [0.4, 0.5) is 13.2 Å². The molecule has 2 aromatic heterocycles. The number of rotatable bonds is 2. The minimum absolute atomic E-state index is 0.0384. The third-order valence-electron chi connectivity index (χ3n) is 4.51. The van der Waals surface area contributed by atoms with Crippen LogP contribution in [0, 0.1) is 0 Å². The Balaban J connectivity index is 1.60. The fraction of sp³-hybridized carbons (Fsp3) is 0.222. The Morgan fingerprint density at radius 1 is 1.22 bits per heavy atom. The summed E-state index contributed by atoms with van der Waals surface area (Å²) in [6.45, 7) is 4.19. The van der Waals surface area contributed by atoms with E-state index < -0.39 is 17.6 Å². The van der Waals surface area contributed by atoms with E-state index in [1.54, 1.807) is 24.3 Å². The number of halogens is 3. The topological polar surface area (TPSA) is 63.9 Å². The van der Waals surface area contributed by atoms with Gasteiger partial charge in [0.2, 0.25) is 0 Å². The van der Waals surface area contributed by atoms with E-state index in [-0.39, 0.29) is 12.2 Å². The molecule has 9 heteroatoms. The van der Waals surface area contributed by atoms with Crippen molar-refractivity contribution in [3.8, 4) is 0 Å². The van der Waals surface area contributed by atoms with E-state index in [2.05, 4.69) is 21.9 Å². The van der Waals surface area contributed by atoms with Crippen LogP contribution in [0.5, 0.6) is 0 Å². The molecule has 1 amide bonds. The molecule has 3 heterocycles. The summed E-state index contributed by atoms with van der Waals surface area (Å²) in [5, 5.41) is 7.95. The summed E-state index contributed by atoms with van der Waals surface area (Å²) >= 11 is 0. The molecule has 4 rings (SSSR count). The monoisotopic (exact) mass is 373 g/mol. The number of carbonyl (C=O) groups is 1. The zero-order valence-electron chi connectivity index (χ0n) is 14.1. The molecular formula is C18H14F3N5O. The first-order valence-electron chi connectivity index (χ1n) is 8.18. The van der Waals surface area contributed by atoms with Crippen LogP contribution in [0.3, 0.4) is 0 Å². The van der Waals surface area contributed by atoms with Crippen LogP contribution in [0.25, 0.3) is 16.7 Å². The van der Waals surface area contributed by atoms with Gasteiger partial charge in [-0.1, -0.05) is 23.9 Å². The highest BCUT2D eigenvalue weighted by Gasteiger charge is 2.33. The Bertz CT molecular complexity index is 1060. The average molecular weight is 373 g/mol. The van der Waals surface area contributed by atoms with Crippen molar-refractivity contribution in [2.24, 2.45) is 0 Å². The third-order valence-corrected chi connectivity index (χ3v) is 4.51. The van der Waals surface area contributed by atoms with Crippen molar-refractivity contribution in [1.82, 2.24) is 24.9 Å². The fourth-order valence-electron chi connectivity index (χ4n) is 3.10. The summed E-state index contributed by atoms with van der Waals surface area (Å²) in [6.07, 6.45) is -3.26. The molecule has 0 saturated heterocycles. The molecule has 1 aliphatic heterocycles. The third kappa shape index (κ3) is 3.05. The number of hydrogen-bond acceptors (Lipinski definition) is 4. The van der Waals surface area contributed by atoms with Crippen molar-refractivity contribution in [2.75, 3.05) is 6.54 Å². The molecule has 0 aliphatic carbocycles. The standard InChI is InChI=1S/C18H14F3N5O/c1-11(26-16-5-3-2-4-15(16)23-24-26)17(27)25-7-6-14-12(10-25)8-13(9-22-14)18(19,20)21/h2-5,8-9H,1,6-7,10H2. The fourth-order valence-corrected chi connectivity index (χ4v) is 3.10. The zero-order chi connectivity index (χ0) is 19.2. The van der Waals surface area contributed by atoms with Gasteiger partial charge in [0.25, 0.3) is 5.91 Å². The molecular weight excluding hydrogens is 359 g/mol. The van der Waals surface area contributed by atoms with Crippen molar-refractivity contribution in [3.63, 3.8) is 0 Å². The predicted molar refractivity (Wildman–Crippen MR) is 91.2 cm³/mol. The summed E-state index contributed by atoms with van der Waals surface area (Å²) in [7, 11) is 0. The first kappa shape index (κ1) is 17.2. The smallest absolute Gasteiger partial charge is 0.333 e. The summed E-state index contributed by atoms with van der Waals surface area (Å²) in [5.41, 5.74) is 1.48. The number of para-hydroxylation sites is 1. The second kappa shape index (κ2) is 6.19. The highest BCUT2D eigenvalue weighted by molar-refractivity contribution is 6.13. The first-order chi connectivity index (χ1) is 12.8. The zero-order valence-corrected chi connectivity index (χ0v) is 14.1. The molecule has 1 aliphatic rings. The van der Waals surface area contributed by atoms with Crippen molar-refractivity contribution >= 4 is 22.6 Å². The highest BCUT2D eigenvalue weighted by Crippen LogP contribution is 2.31. The van der Waals surface area contributed by atoms with Gasteiger partial charge < -0.3 is 4.90 Å². The number of carbonyl (C=O) groups excluding carboxylic acids is 1. The number of amides is 1. The SMILES string of the molecule is C=C(C(=O)N1CCc2ncc(C(F)(F)F)cc2C1)n1nnc2ccccc21. The van der Waals surface area contributed by atoms with Gasteiger partial charge in [-0.2, -0.15) is 13.2 Å². The van der Waals surface area contributed by atoms with Gasteiger partial charge in [-0.25, -0.2) is 4.68 Å². The van der Waals surface area contributed by atoms with Crippen molar-refractivity contribution in [1.29, 1.82) is 0 Å². The van der Waals surface area contributed by atoms with E-state index in [1.165, 1.54) is 9.58 Å². The van der Waals surface area contributed by atoms with E-state index in [1.807, 2.05) is 0 Å². The van der Waals surface area contributed by atoms with Crippen molar-refractivity contribution < 1.29 is 18.0 Å². The number of hydrogen-bond donors (Lipinski definition) is 0. The van der Waals surface area contributed by atoms with Crippen LogP contribution in [0.15, 0.2) is 43.1 Å². The Kier molecular flexibility index (Phi) is 3.94. The maximum Gasteiger partial charge on any atom is 0.417 e. The molecule has 138 valence electrons. The number of fused-ring (bicyclic) bond motifs is 2. The van der Waals surface area contributed by atoms with E-state index in [0.717, 1.165) is 12.3 Å². The molecule has 0 bridgehead atoms. The summed E-state index contributed by atoms with van der Waals surface area (Å²) in [6, 6.07) is 8.17. The number of pyridine rings is 1. The van der Waals surface area contributed by atoms with Crippen LogP contribution in [-0.2, 0) is 23.9 Å². The lowest BCUT2D eigenvalue weighted by Gasteiger charge is -2.29. The van der Waals surface area contributed by atoms with E-state index in [0.29, 0.717) is 35.3 Å². The first-order valence-corrected chi connectivity index (χ1v) is 8.18. The van der Waals surface area contributed by atoms with Crippen LogP contribution in [-0.4, -0.2) is 37.3 Å². The van der Waals surface area contributed by atoms with Crippen LogP contribution in [0.1, 0.15) is 16.8 Å². The van der Waals surface area contributed by atoms with Gasteiger partial charge in [0.05, 0.1) is 11.1 Å². The van der Waals surface area contributed by atoms with E-state index in [9.17, 15) is 18.0 Å². The number of benzene rings is 1. The summed E-state index contributed by atoms with van der Waals surface area (Å²) in [4.78, 5) is 18.2. The number of aromatic nitrogens is 4. The average Bonchev–Trinajstić information content (AvgIpc) is 3.09. The Morgan fingerprint density at radius 2 is 2.00 bits per heavy atom. The molecule has 0 fully saturated rings. The second-order valence-electron chi connectivity index (χ2n) is 6.24. The molecule has 0 unspecified atom stereocenters. The molecule has 27 heavy (non-hydrogen) atoms. The van der Waals surface area contributed by atoms with Gasteiger partial charge in [0.15, 0.2) is 0 Å².